The third kappa shape index (κ3) is 0.865. The van der Waals surface area contributed by atoms with Gasteiger partial charge in [0.05, 0.1) is 0 Å². The zero-order valence-electron chi connectivity index (χ0n) is 4.84. The van der Waals surface area contributed by atoms with Crippen LogP contribution in [0, 0.1) is 6.92 Å². The lowest BCUT2D eigenvalue weighted by atomic mass is 10.6. The van der Waals surface area contributed by atoms with Crippen LogP contribution in [0.3, 0.4) is 0 Å². The predicted molar refractivity (Wildman–Crippen MR) is 33.0 cm³/mol. The topological polar surface area (TPSA) is 26.0 Å². The van der Waals surface area contributed by atoms with Crippen molar-refractivity contribution in [2.45, 2.75) is 11.9 Å². The lowest BCUT2D eigenvalue weighted by Crippen LogP contribution is -1.68. The van der Waals surface area contributed by atoms with Gasteiger partial charge >= 0.3 is 0 Å². The first-order chi connectivity index (χ1) is 3.84. The van der Waals surface area contributed by atoms with Crippen LogP contribution in [0.25, 0.3) is 0 Å². The lowest BCUT2D eigenvalue weighted by Gasteiger charge is -1.83. The number of thioether (sulfide) groups is 1. The highest BCUT2D eigenvalue weighted by molar-refractivity contribution is 7.98. The van der Waals surface area contributed by atoms with Crippen molar-refractivity contribution in [1.29, 1.82) is 0 Å². The van der Waals surface area contributed by atoms with Crippen LogP contribution in [0.2, 0.25) is 0 Å². The van der Waals surface area contributed by atoms with E-state index in [1.807, 2.05) is 13.2 Å². The minimum atomic E-state index is 0.900. The molecule has 0 N–H and O–H groups in total. The van der Waals surface area contributed by atoms with Crippen molar-refractivity contribution in [3.8, 4) is 0 Å². The van der Waals surface area contributed by atoms with E-state index in [4.69, 9.17) is 4.42 Å². The number of oxazole rings is 1. The Balaban J connectivity index is 2.92. The van der Waals surface area contributed by atoms with E-state index in [2.05, 4.69) is 4.98 Å². The van der Waals surface area contributed by atoms with Crippen LogP contribution in [-0.2, 0) is 0 Å². The van der Waals surface area contributed by atoms with Crippen molar-refractivity contribution in [2.75, 3.05) is 6.26 Å². The Morgan fingerprint density at radius 1 is 1.75 bits per heavy atom. The first-order valence-electron chi connectivity index (χ1n) is 2.28. The van der Waals surface area contributed by atoms with Gasteiger partial charge in [0.2, 0.25) is 0 Å². The summed E-state index contributed by atoms with van der Waals surface area (Å²) in [6.07, 6.45) is 3.44. The highest BCUT2D eigenvalue weighted by atomic mass is 32.2. The van der Waals surface area contributed by atoms with Gasteiger partial charge in [0, 0.05) is 0 Å². The fourth-order valence-electron chi connectivity index (χ4n) is 0.491. The first-order valence-corrected chi connectivity index (χ1v) is 3.51. The molecule has 0 radical (unpaired) electrons. The first kappa shape index (κ1) is 5.69. The van der Waals surface area contributed by atoms with E-state index < -0.39 is 0 Å². The van der Waals surface area contributed by atoms with Gasteiger partial charge in [-0.3, -0.25) is 0 Å². The van der Waals surface area contributed by atoms with Crippen molar-refractivity contribution >= 4 is 11.8 Å². The van der Waals surface area contributed by atoms with Gasteiger partial charge in [0.1, 0.15) is 10.8 Å². The Morgan fingerprint density at radius 3 is 2.75 bits per heavy atom. The molecule has 3 heteroatoms. The summed E-state index contributed by atoms with van der Waals surface area (Å²) in [4.78, 5) is 3.93. The molecule has 0 saturated carbocycles. The molecule has 1 aromatic rings. The van der Waals surface area contributed by atoms with E-state index in [0.717, 1.165) is 10.8 Å². The van der Waals surface area contributed by atoms with Gasteiger partial charge in [-0.05, 0) is 13.2 Å². The SMILES string of the molecule is CSc1ncoc1C. The Morgan fingerprint density at radius 2 is 2.50 bits per heavy atom. The second-order valence-electron chi connectivity index (χ2n) is 1.42. The molecule has 0 fully saturated rings. The summed E-state index contributed by atoms with van der Waals surface area (Å²) in [6.45, 7) is 1.90. The molecule has 0 unspecified atom stereocenters. The largest absolute Gasteiger partial charge is 0.448 e. The average Bonchev–Trinajstić information content (AvgIpc) is 2.14. The lowest BCUT2D eigenvalue weighted by molar-refractivity contribution is 0.522. The third-order valence-electron chi connectivity index (χ3n) is 0.894. The summed E-state index contributed by atoms with van der Waals surface area (Å²) >= 11 is 1.60. The third-order valence-corrected chi connectivity index (χ3v) is 1.67. The fraction of sp³-hybridized carbons (Fsp3) is 0.400. The molecule has 0 aliphatic heterocycles. The second-order valence-corrected chi connectivity index (χ2v) is 2.21. The van der Waals surface area contributed by atoms with E-state index in [-0.39, 0.29) is 0 Å². The number of rotatable bonds is 1. The number of nitrogens with zero attached hydrogens (tertiary/aromatic N) is 1. The molecule has 0 amide bonds. The van der Waals surface area contributed by atoms with Crippen LogP contribution in [-0.4, -0.2) is 11.2 Å². The van der Waals surface area contributed by atoms with Crippen molar-refractivity contribution in [1.82, 2.24) is 4.98 Å². The molecular formula is C5H7NOS. The molecule has 0 saturated heterocycles. The standard InChI is InChI=1S/C5H7NOS/c1-4-5(8-2)6-3-7-4/h3H,1-2H3. The van der Waals surface area contributed by atoms with E-state index in [0.29, 0.717) is 0 Å². The van der Waals surface area contributed by atoms with Gasteiger partial charge in [-0.25, -0.2) is 4.98 Å². The van der Waals surface area contributed by atoms with Gasteiger partial charge in [0.15, 0.2) is 6.39 Å². The minimum absolute atomic E-state index is 0.900. The van der Waals surface area contributed by atoms with Crippen LogP contribution in [0.5, 0.6) is 0 Å². The van der Waals surface area contributed by atoms with Crippen LogP contribution >= 0.6 is 11.8 Å². The van der Waals surface area contributed by atoms with Gasteiger partial charge in [-0.2, -0.15) is 0 Å². The van der Waals surface area contributed by atoms with E-state index in [1.165, 1.54) is 6.39 Å². The molecule has 0 spiro atoms. The molecule has 0 bridgehead atoms. The van der Waals surface area contributed by atoms with Crippen LogP contribution in [0.4, 0.5) is 0 Å². The maximum absolute atomic E-state index is 4.92. The van der Waals surface area contributed by atoms with Crippen LogP contribution in [0.1, 0.15) is 5.76 Å². The second kappa shape index (κ2) is 2.22. The number of hydrogen-bond acceptors (Lipinski definition) is 3. The molecule has 2 nitrogen and oxygen atoms in total. The van der Waals surface area contributed by atoms with Crippen molar-refractivity contribution < 1.29 is 4.42 Å². The van der Waals surface area contributed by atoms with Crippen LogP contribution in [0.15, 0.2) is 15.8 Å². The molecule has 0 aliphatic rings. The number of aromatic nitrogens is 1. The zero-order chi connectivity index (χ0) is 5.98. The highest BCUT2D eigenvalue weighted by Crippen LogP contribution is 2.15. The predicted octanol–water partition coefficient (Wildman–Crippen LogP) is 1.70. The van der Waals surface area contributed by atoms with Gasteiger partial charge in [-0.15, -0.1) is 11.8 Å². The maximum atomic E-state index is 4.92. The molecule has 1 heterocycles. The maximum Gasteiger partial charge on any atom is 0.181 e. The Labute approximate surface area is 52.3 Å². The zero-order valence-corrected chi connectivity index (χ0v) is 5.66. The molecule has 0 atom stereocenters. The summed E-state index contributed by atoms with van der Waals surface area (Å²) in [6, 6.07) is 0. The van der Waals surface area contributed by atoms with E-state index in [9.17, 15) is 0 Å². The molecular weight excluding hydrogens is 122 g/mol. The Bertz CT molecular complexity index is 173. The molecule has 1 rings (SSSR count). The van der Waals surface area contributed by atoms with Gasteiger partial charge < -0.3 is 4.42 Å². The summed E-state index contributed by atoms with van der Waals surface area (Å²) < 4.78 is 4.92. The quantitative estimate of drug-likeness (QED) is 0.540. The van der Waals surface area contributed by atoms with Crippen molar-refractivity contribution in [2.24, 2.45) is 0 Å². The fourth-order valence-corrected chi connectivity index (χ4v) is 0.975. The van der Waals surface area contributed by atoms with Gasteiger partial charge in [-0.1, -0.05) is 0 Å². The monoisotopic (exact) mass is 129 g/mol. The average molecular weight is 129 g/mol. The number of hydrogen-bond donors (Lipinski definition) is 0. The van der Waals surface area contributed by atoms with E-state index in [1.54, 1.807) is 11.8 Å². The van der Waals surface area contributed by atoms with Crippen LogP contribution < -0.4 is 0 Å². The summed E-state index contributed by atoms with van der Waals surface area (Å²) in [5.41, 5.74) is 0. The highest BCUT2D eigenvalue weighted by Gasteiger charge is 1.97. The molecule has 0 aromatic carbocycles. The Hall–Kier alpha value is -0.440. The normalized spacial score (nSPS) is 9.75. The van der Waals surface area contributed by atoms with E-state index >= 15 is 0 Å². The van der Waals surface area contributed by atoms with Gasteiger partial charge in [0.25, 0.3) is 0 Å². The summed E-state index contributed by atoms with van der Waals surface area (Å²) in [5, 5.41) is 0.977. The smallest absolute Gasteiger partial charge is 0.181 e. The summed E-state index contributed by atoms with van der Waals surface area (Å²) in [5.74, 6) is 0.900. The Kier molecular flexibility index (Phi) is 1.58. The summed E-state index contributed by atoms with van der Waals surface area (Å²) in [7, 11) is 0. The molecule has 8 heavy (non-hydrogen) atoms. The minimum Gasteiger partial charge on any atom is -0.448 e. The molecule has 44 valence electrons. The molecule has 1 aromatic heterocycles. The van der Waals surface area contributed by atoms with Crippen molar-refractivity contribution in [3.05, 3.63) is 12.2 Å². The molecule has 0 aliphatic carbocycles. The van der Waals surface area contributed by atoms with Crippen molar-refractivity contribution in [3.63, 3.8) is 0 Å². The number of aryl methyl sites for hydroxylation is 1.